The number of rotatable bonds is 11. The van der Waals surface area contributed by atoms with Crippen molar-refractivity contribution in [3.05, 3.63) is 101 Å². The lowest BCUT2D eigenvalue weighted by Gasteiger charge is -2.06. The van der Waals surface area contributed by atoms with Gasteiger partial charge in [0.05, 0.1) is 6.61 Å². The molecule has 0 saturated carbocycles. The van der Waals surface area contributed by atoms with Gasteiger partial charge in [0.15, 0.2) is 11.6 Å². The molecule has 0 aliphatic carbocycles. The van der Waals surface area contributed by atoms with Gasteiger partial charge in [0, 0.05) is 17.2 Å². The average Bonchev–Trinajstić information content (AvgIpc) is 2.89. The minimum Gasteiger partial charge on any atom is -0.494 e. The zero-order valence-electron chi connectivity index (χ0n) is 20.4. The minimum absolute atomic E-state index is 0.354. The van der Waals surface area contributed by atoms with Gasteiger partial charge < -0.3 is 9.47 Å². The number of hydrogen-bond donors (Lipinski definition) is 0. The first kappa shape index (κ1) is 26.7. The molecular formula is C31H30F2O3. The number of esters is 1. The molecule has 0 radical (unpaired) electrons. The van der Waals surface area contributed by atoms with Gasteiger partial charge in [-0.2, -0.15) is 0 Å². The number of halogens is 2. The highest BCUT2D eigenvalue weighted by Gasteiger charge is 2.03. The van der Waals surface area contributed by atoms with Crippen LogP contribution in [0.25, 0.3) is 6.08 Å². The molecule has 0 aliphatic heterocycles. The fraction of sp³-hybridized carbons (Fsp3) is 0.258. The van der Waals surface area contributed by atoms with Crippen LogP contribution in [0.4, 0.5) is 8.78 Å². The number of ether oxygens (including phenoxy) is 2. The molecule has 0 saturated heterocycles. The Hall–Kier alpha value is -3.91. The van der Waals surface area contributed by atoms with E-state index in [1.54, 1.807) is 24.3 Å². The quantitative estimate of drug-likeness (QED) is 0.0911. The molecule has 0 aromatic heterocycles. The second-order valence-electron chi connectivity index (χ2n) is 8.34. The Labute approximate surface area is 211 Å². The predicted octanol–water partition coefficient (Wildman–Crippen LogP) is 7.72. The molecule has 36 heavy (non-hydrogen) atoms. The van der Waals surface area contributed by atoms with Gasteiger partial charge >= 0.3 is 5.97 Å². The molecule has 0 unspecified atom stereocenters. The third kappa shape index (κ3) is 9.38. The number of benzene rings is 3. The Bertz CT molecular complexity index is 1200. The Kier molecular flexibility index (Phi) is 10.7. The van der Waals surface area contributed by atoms with Crippen LogP contribution in [0.3, 0.4) is 0 Å². The van der Waals surface area contributed by atoms with E-state index in [9.17, 15) is 13.6 Å². The van der Waals surface area contributed by atoms with Gasteiger partial charge in [-0.25, -0.2) is 13.6 Å². The van der Waals surface area contributed by atoms with Gasteiger partial charge in [-0.1, -0.05) is 56.9 Å². The van der Waals surface area contributed by atoms with Crippen molar-refractivity contribution in [2.45, 2.75) is 45.4 Å². The van der Waals surface area contributed by atoms with Crippen molar-refractivity contribution in [1.29, 1.82) is 0 Å². The van der Waals surface area contributed by atoms with E-state index in [2.05, 4.69) is 18.8 Å². The predicted molar refractivity (Wildman–Crippen MR) is 139 cm³/mol. The van der Waals surface area contributed by atoms with Crippen molar-refractivity contribution < 1.29 is 23.0 Å². The summed E-state index contributed by atoms with van der Waals surface area (Å²) < 4.78 is 37.2. The van der Waals surface area contributed by atoms with Crippen LogP contribution in [-0.2, 0) is 4.79 Å². The second-order valence-corrected chi connectivity index (χ2v) is 8.34. The lowest BCUT2D eigenvalue weighted by Crippen LogP contribution is -2.03. The van der Waals surface area contributed by atoms with Crippen LogP contribution in [0.2, 0.25) is 0 Å². The molecular weight excluding hydrogens is 458 g/mol. The molecule has 0 fully saturated rings. The van der Waals surface area contributed by atoms with E-state index in [0.717, 1.165) is 48.1 Å². The molecule has 3 nitrogen and oxygen atoms in total. The summed E-state index contributed by atoms with van der Waals surface area (Å²) in [6.07, 6.45) is 9.93. The molecule has 0 N–H and O–H groups in total. The van der Waals surface area contributed by atoms with Crippen molar-refractivity contribution in [3.63, 3.8) is 0 Å². The maximum Gasteiger partial charge on any atom is 0.336 e. The summed E-state index contributed by atoms with van der Waals surface area (Å²) >= 11 is 0. The first-order valence-electron chi connectivity index (χ1n) is 12.2. The third-order valence-corrected chi connectivity index (χ3v) is 5.40. The fourth-order valence-corrected chi connectivity index (χ4v) is 3.39. The Morgan fingerprint density at radius 3 is 2.03 bits per heavy atom. The first-order chi connectivity index (χ1) is 17.5. The zero-order chi connectivity index (χ0) is 25.6. The molecule has 0 aliphatic rings. The SMILES string of the molecule is CCCCCCCCOc1ccc(C#Cc2ccc(OC(=O)/C=C/c3ccc(F)c(F)c3)cc2)cc1. The van der Waals surface area contributed by atoms with Gasteiger partial charge in [-0.3, -0.25) is 0 Å². The highest BCUT2D eigenvalue weighted by atomic mass is 19.2. The topological polar surface area (TPSA) is 35.5 Å². The van der Waals surface area contributed by atoms with Gasteiger partial charge in [0.2, 0.25) is 0 Å². The molecule has 0 heterocycles. The summed E-state index contributed by atoms with van der Waals surface area (Å²) in [5.74, 6) is 4.85. The van der Waals surface area contributed by atoms with Gasteiger partial charge in [0.1, 0.15) is 11.5 Å². The number of carbonyl (C=O) groups is 1. The van der Waals surface area contributed by atoms with Crippen LogP contribution in [0.15, 0.2) is 72.8 Å². The Balaban J connectivity index is 1.44. The van der Waals surface area contributed by atoms with Crippen LogP contribution in [0.1, 0.15) is 62.1 Å². The van der Waals surface area contributed by atoms with E-state index in [1.165, 1.54) is 44.2 Å². The van der Waals surface area contributed by atoms with Crippen LogP contribution in [-0.4, -0.2) is 12.6 Å². The average molecular weight is 489 g/mol. The lowest BCUT2D eigenvalue weighted by molar-refractivity contribution is -0.128. The molecule has 0 amide bonds. The van der Waals surface area contributed by atoms with Crippen molar-refractivity contribution >= 4 is 12.0 Å². The molecule has 3 rings (SSSR count). The lowest BCUT2D eigenvalue weighted by atomic mass is 10.1. The summed E-state index contributed by atoms with van der Waals surface area (Å²) in [6.45, 7) is 2.95. The summed E-state index contributed by atoms with van der Waals surface area (Å²) in [4.78, 5) is 12.0. The molecule has 0 bridgehead atoms. The molecule has 0 atom stereocenters. The van der Waals surface area contributed by atoms with E-state index < -0.39 is 17.6 Å². The van der Waals surface area contributed by atoms with E-state index >= 15 is 0 Å². The summed E-state index contributed by atoms with van der Waals surface area (Å²) in [5, 5.41) is 0. The van der Waals surface area contributed by atoms with Gasteiger partial charge in [-0.05, 0) is 78.7 Å². The van der Waals surface area contributed by atoms with Crippen LogP contribution >= 0.6 is 0 Å². The molecule has 3 aromatic carbocycles. The third-order valence-electron chi connectivity index (χ3n) is 5.40. The van der Waals surface area contributed by atoms with Crippen molar-refractivity contribution in [2.75, 3.05) is 6.61 Å². The number of carbonyl (C=O) groups excluding carboxylic acids is 1. The van der Waals surface area contributed by atoms with Crippen LogP contribution in [0, 0.1) is 23.5 Å². The summed E-state index contributed by atoms with van der Waals surface area (Å²) in [5.41, 5.74) is 2.00. The fourth-order valence-electron chi connectivity index (χ4n) is 3.39. The Morgan fingerprint density at radius 2 is 1.39 bits per heavy atom. The maximum absolute atomic E-state index is 13.2. The molecule has 3 aromatic rings. The van der Waals surface area contributed by atoms with Crippen molar-refractivity contribution in [3.8, 4) is 23.3 Å². The minimum atomic E-state index is -0.977. The Morgan fingerprint density at radius 1 is 0.778 bits per heavy atom. The van der Waals surface area contributed by atoms with E-state index in [0.29, 0.717) is 11.3 Å². The maximum atomic E-state index is 13.2. The first-order valence-corrected chi connectivity index (χ1v) is 12.2. The van der Waals surface area contributed by atoms with E-state index in [-0.39, 0.29) is 0 Å². The molecule has 186 valence electrons. The highest BCUT2D eigenvalue weighted by Crippen LogP contribution is 2.15. The van der Waals surface area contributed by atoms with Gasteiger partial charge in [-0.15, -0.1) is 0 Å². The normalized spacial score (nSPS) is 10.6. The largest absolute Gasteiger partial charge is 0.494 e. The molecule has 5 heteroatoms. The summed E-state index contributed by atoms with van der Waals surface area (Å²) in [6, 6.07) is 17.9. The van der Waals surface area contributed by atoms with E-state index in [1.807, 2.05) is 24.3 Å². The number of hydrogen-bond acceptors (Lipinski definition) is 3. The van der Waals surface area contributed by atoms with Crippen molar-refractivity contribution in [1.82, 2.24) is 0 Å². The monoisotopic (exact) mass is 488 g/mol. The number of unbranched alkanes of at least 4 members (excludes halogenated alkanes) is 5. The smallest absolute Gasteiger partial charge is 0.336 e. The van der Waals surface area contributed by atoms with Crippen molar-refractivity contribution in [2.24, 2.45) is 0 Å². The van der Waals surface area contributed by atoms with Crippen LogP contribution in [0.5, 0.6) is 11.5 Å². The second kappa shape index (κ2) is 14.5. The van der Waals surface area contributed by atoms with Crippen LogP contribution < -0.4 is 9.47 Å². The molecule has 0 spiro atoms. The highest BCUT2D eigenvalue weighted by molar-refractivity contribution is 5.88. The summed E-state index contributed by atoms with van der Waals surface area (Å²) in [7, 11) is 0. The zero-order valence-corrected chi connectivity index (χ0v) is 20.4. The van der Waals surface area contributed by atoms with Gasteiger partial charge in [0.25, 0.3) is 0 Å². The van der Waals surface area contributed by atoms with E-state index in [4.69, 9.17) is 9.47 Å². The standard InChI is InChI=1S/C31H30F2O3/c1-2-3-4-5-6-7-22-35-27-16-10-24(11-17-27)8-9-25-12-18-28(19-13-25)36-31(34)21-15-26-14-20-29(32)30(33)23-26/h10-21,23H,2-7,22H2,1H3/b21-15+.